The minimum Gasteiger partial charge on any atom is -1.00 e. The highest BCUT2D eigenvalue weighted by Gasteiger charge is 2.43. The van der Waals surface area contributed by atoms with E-state index in [9.17, 15) is 24.9 Å². The molecule has 0 radical (unpaired) electrons. The van der Waals surface area contributed by atoms with Crippen molar-refractivity contribution in [2.75, 3.05) is 32.1 Å². The van der Waals surface area contributed by atoms with Gasteiger partial charge in [0.2, 0.25) is 11.6 Å². The van der Waals surface area contributed by atoms with E-state index in [1.54, 1.807) is 25.1 Å². The van der Waals surface area contributed by atoms with E-state index in [-0.39, 0.29) is 40.7 Å². The van der Waals surface area contributed by atoms with Crippen LogP contribution in [0.5, 0.6) is 0 Å². The molecule has 0 spiro atoms. The van der Waals surface area contributed by atoms with E-state index in [0.717, 1.165) is 39.0 Å². The first-order valence-corrected chi connectivity index (χ1v) is 26.0. The van der Waals surface area contributed by atoms with Crippen LogP contribution in [0.2, 0.25) is 0 Å². The van der Waals surface area contributed by atoms with Gasteiger partial charge in [0.15, 0.2) is 5.71 Å². The summed E-state index contributed by atoms with van der Waals surface area (Å²) in [5.74, 6) is -0.168. The molecule has 0 atom stereocenters. The Balaban J connectivity index is 0.00000840. The van der Waals surface area contributed by atoms with Gasteiger partial charge < -0.3 is 54.3 Å². The number of anilines is 1. The molecule has 6 aromatic carbocycles. The Morgan fingerprint density at radius 3 is 1.72 bits per heavy atom. The minimum atomic E-state index is -1.60. The van der Waals surface area contributed by atoms with Gasteiger partial charge in [-0.25, -0.2) is 0 Å². The Hall–Kier alpha value is -6.16. The molecule has 0 aromatic heterocycles. The molecule has 392 valence electrons. The zero-order valence-electron chi connectivity index (χ0n) is 45.0. The van der Waals surface area contributed by atoms with E-state index in [4.69, 9.17) is 0 Å². The summed E-state index contributed by atoms with van der Waals surface area (Å²) in [6.07, 6.45) is 9.78. The maximum Gasteiger partial charge on any atom is 0.488 e. The third-order valence-electron chi connectivity index (χ3n) is 15.0. The number of amides is 1. The largest absolute Gasteiger partial charge is 1.00 e. The molecular formula is C63H72B2IN5O5. The van der Waals surface area contributed by atoms with Crippen LogP contribution in [0.25, 0.3) is 5.57 Å². The molecule has 0 unspecified atom stereocenters. The number of carbonyl (C=O) groups excluding carboxylic acids is 1. The van der Waals surface area contributed by atoms with Gasteiger partial charge in [0, 0.05) is 92.9 Å². The summed E-state index contributed by atoms with van der Waals surface area (Å²) in [5.41, 5.74) is 15.8. The number of fused-ring (bicyclic) bond motifs is 2. The normalized spacial score (nSPS) is 15.1. The van der Waals surface area contributed by atoms with Crippen LogP contribution in [0.4, 0.5) is 11.4 Å². The number of halogens is 1. The molecule has 0 bridgehead atoms. The number of benzene rings is 6. The SMILES string of the molecule is C=C(C)C(=O)NCCCN(Cc1ccc(CN(Cc2ccc(C(C=CC3=[N+](C)c4ccccc4C3(C)C)=CC=C3N(C)c4ccccc4C3(C)C)cc2)Cc2ccccc2B(O)O)cc1)Cc1ccccc1B(O)O.[I-]. The second-order valence-electron chi connectivity index (χ2n) is 21.2. The quantitative estimate of drug-likeness (QED) is 0.0165. The average molecular weight is 1130 g/mol. The first-order valence-electron chi connectivity index (χ1n) is 26.0. The van der Waals surface area contributed by atoms with E-state index in [1.165, 1.54) is 33.9 Å². The van der Waals surface area contributed by atoms with Crippen LogP contribution in [0.3, 0.4) is 0 Å². The molecule has 8 rings (SSSR count). The van der Waals surface area contributed by atoms with Gasteiger partial charge in [-0.3, -0.25) is 14.6 Å². The molecule has 0 saturated heterocycles. The molecule has 0 aliphatic carbocycles. The Labute approximate surface area is 468 Å². The van der Waals surface area contributed by atoms with E-state index in [2.05, 4.69) is 194 Å². The van der Waals surface area contributed by atoms with Crippen molar-refractivity contribution in [1.82, 2.24) is 15.1 Å². The number of carbonyl (C=O) groups is 1. The van der Waals surface area contributed by atoms with Gasteiger partial charge in [0.05, 0.1) is 5.41 Å². The fraction of sp³-hybridized carbons (Fsp3) is 0.270. The number of rotatable bonds is 21. The Morgan fingerprint density at radius 1 is 0.671 bits per heavy atom. The average Bonchev–Trinajstić information content (AvgIpc) is 3.75. The maximum atomic E-state index is 12.2. The Bertz CT molecular complexity index is 3150. The van der Waals surface area contributed by atoms with Crippen molar-refractivity contribution in [2.45, 2.75) is 84.6 Å². The lowest BCUT2D eigenvalue weighted by Gasteiger charge is -2.25. The number of likely N-dealkylation sites (N-methyl/N-ethyl adjacent to an activating group) is 1. The molecule has 2 heterocycles. The van der Waals surface area contributed by atoms with Crippen LogP contribution < -0.4 is 45.1 Å². The molecule has 5 N–H and O–H groups in total. The molecule has 6 aromatic rings. The summed E-state index contributed by atoms with van der Waals surface area (Å²) >= 11 is 0. The molecular weight excluding hydrogens is 1060 g/mol. The number of para-hydroxylation sites is 2. The highest BCUT2D eigenvalue weighted by molar-refractivity contribution is 6.59. The fourth-order valence-electron chi connectivity index (χ4n) is 10.9. The maximum absolute atomic E-state index is 12.2. The minimum absolute atomic E-state index is 0. The smallest absolute Gasteiger partial charge is 0.488 e. The van der Waals surface area contributed by atoms with Crippen molar-refractivity contribution in [1.29, 1.82) is 0 Å². The van der Waals surface area contributed by atoms with Crippen molar-refractivity contribution in [3.05, 3.63) is 232 Å². The lowest BCUT2D eigenvalue weighted by molar-refractivity contribution is -0.401. The van der Waals surface area contributed by atoms with Crippen molar-refractivity contribution in [3.8, 4) is 0 Å². The molecule has 2 aliphatic heterocycles. The summed E-state index contributed by atoms with van der Waals surface area (Å²) in [4.78, 5) is 19.1. The van der Waals surface area contributed by atoms with Crippen LogP contribution in [0, 0.1) is 0 Å². The fourth-order valence-corrected chi connectivity index (χ4v) is 10.9. The lowest BCUT2D eigenvalue weighted by atomic mass is 9.77. The summed E-state index contributed by atoms with van der Waals surface area (Å²) in [5, 5.41) is 44.0. The summed E-state index contributed by atoms with van der Waals surface area (Å²) in [7, 11) is 1.12. The number of nitrogens with zero attached hydrogens (tertiary/aromatic N) is 4. The van der Waals surface area contributed by atoms with Gasteiger partial charge in [0.25, 0.3) is 0 Å². The van der Waals surface area contributed by atoms with Crippen LogP contribution in [0.1, 0.15) is 85.5 Å². The van der Waals surface area contributed by atoms with Crippen LogP contribution >= 0.6 is 0 Å². The zero-order valence-corrected chi connectivity index (χ0v) is 47.2. The van der Waals surface area contributed by atoms with Crippen molar-refractivity contribution >= 4 is 53.7 Å². The molecule has 1 amide bonds. The predicted octanol–water partition coefficient (Wildman–Crippen LogP) is 5.29. The molecule has 76 heavy (non-hydrogen) atoms. The third kappa shape index (κ3) is 13.3. The van der Waals surface area contributed by atoms with Gasteiger partial charge >= 0.3 is 14.2 Å². The van der Waals surface area contributed by atoms with Crippen LogP contribution in [0.15, 0.2) is 188 Å². The third-order valence-corrected chi connectivity index (χ3v) is 15.0. The lowest BCUT2D eigenvalue weighted by Crippen LogP contribution is -3.00. The van der Waals surface area contributed by atoms with Crippen LogP contribution in [-0.2, 0) is 48.3 Å². The summed E-state index contributed by atoms with van der Waals surface area (Å²) < 4.78 is 2.31. The van der Waals surface area contributed by atoms with Crippen molar-refractivity contribution in [2.24, 2.45) is 0 Å². The summed E-state index contributed by atoms with van der Waals surface area (Å²) in [6.45, 7) is 18.6. The molecule has 0 saturated carbocycles. The number of nitrogens with one attached hydrogen (secondary N) is 1. The van der Waals surface area contributed by atoms with Gasteiger partial charge in [-0.15, -0.1) is 0 Å². The standard InChI is InChI=1S/C63H71B2N5O5.HI/c1-45(2)61(71)66-38-17-39-69(43-51-18-9-13-22-55(51)64(72)73)40-46-26-28-47(29-27-46)41-70(44-52-19-10-14-23-56(52)65(74)75)42-48-30-32-49(33-31-48)50(34-36-59-62(3,4)53-20-11-15-24-57(53)67(59)7)35-37-60-63(5,6)54-21-12-16-25-58(54)68(60)8;/h9-16,18-37,72-75H,1,17,38-44H2,2-8H3;1H. The second-order valence-corrected chi connectivity index (χ2v) is 21.2. The molecule has 13 heteroatoms. The summed E-state index contributed by atoms with van der Waals surface area (Å²) in [6, 6.07) is 49.5. The Kier molecular flexibility index (Phi) is 19.2. The Morgan fingerprint density at radius 2 is 1.17 bits per heavy atom. The van der Waals surface area contributed by atoms with Gasteiger partial charge in [0.1, 0.15) is 7.05 Å². The topological polar surface area (TPSA) is 123 Å². The highest BCUT2D eigenvalue weighted by atomic mass is 127. The van der Waals surface area contributed by atoms with Gasteiger partial charge in [-0.05, 0) is 101 Å². The molecule has 0 fully saturated rings. The van der Waals surface area contributed by atoms with E-state index in [0.29, 0.717) is 68.7 Å². The first kappa shape index (κ1) is 57.5. The van der Waals surface area contributed by atoms with Crippen molar-refractivity contribution < 1.29 is 53.4 Å². The van der Waals surface area contributed by atoms with Crippen LogP contribution in [-0.4, -0.2) is 87.5 Å². The van der Waals surface area contributed by atoms with Gasteiger partial charge in [-0.2, -0.15) is 4.58 Å². The number of hydrogen-bond donors (Lipinski definition) is 5. The van der Waals surface area contributed by atoms with Crippen molar-refractivity contribution in [3.63, 3.8) is 0 Å². The van der Waals surface area contributed by atoms with E-state index < -0.39 is 14.2 Å². The second kappa shape index (κ2) is 25.3. The highest BCUT2D eigenvalue weighted by Crippen LogP contribution is 2.47. The van der Waals surface area contributed by atoms with E-state index in [1.807, 2.05) is 30.3 Å². The zero-order chi connectivity index (χ0) is 53.4. The predicted molar refractivity (Wildman–Crippen MR) is 308 cm³/mol. The monoisotopic (exact) mass is 1130 g/mol. The number of hydrogen-bond acceptors (Lipinski definition) is 8. The van der Waals surface area contributed by atoms with E-state index >= 15 is 0 Å². The number of allylic oxidation sites excluding steroid dienone is 6. The first-order chi connectivity index (χ1) is 35.9. The molecule has 2 aliphatic rings. The van der Waals surface area contributed by atoms with Gasteiger partial charge in [-0.1, -0.05) is 160 Å². The molecule has 10 nitrogen and oxygen atoms in total.